The minimum absolute atomic E-state index is 0.0733. The molecule has 2 N–H and O–H groups in total. The van der Waals surface area contributed by atoms with E-state index in [2.05, 4.69) is 25.6 Å². The van der Waals surface area contributed by atoms with Crippen molar-refractivity contribution < 1.29 is 4.74 Å². The molecule has 1 rings (SSSR count). The Morgan fingerprint density at radius 1 is 1.40 bits per heavy atom. The van der Waals surface area contributed by atoms with Crippen LogP contribution in [0.15, 0.2) is 18.2 Å². The number of rotatable bonds is 2. The third-order valence-corrected chi connectivity index (χ3v) is 1.80. The van der Waals surface area contributed by atoms with Gasteiger partial charge in [0, 0.05) is 5.69 Å². The van der Waals surface area contributed by atoms with Gasteiger partial charge in [0.1, 0.15) is 5.75 Å². The lowest BCUT2D eigenvalue weighted by molar-refractivity contribution is 0.199. The van der Waals surface area contributed by atoms with Gasteiger partial charge in [-0.2, -0.15) is 0 Å². The fourth-order valence-corrected chi connectivity index (χ4v) is 1.07. The molecule has 3 heteroatoms. The van der Waals surface area contributed by atoms with E-state index in [1.807, 2.05) is 0 Å². The van der Waals surface area contributed by atoms with E-state index in [9.17, 15) is 0 Å². The molecule has 0 atom stereocenters. The van der Waals surface area contributed by atoms with Gasteiger partial charge in [0.2, 0.25) is 5.69 Å². The van der Waals surface area contributed by atoms with Gasteiger partial charge < -0.3 is 10.5 Å². The molecule has 3 nitrogen and oxygen atoms in total. The summed E-state index contributed by atoms with van der Waals surface area (Å²) >= 11 is 0. The topological polar surface area (TPSA) is 39.6 Å². The van der Waals surface area contributed by atoms with Gasteiger partial charge in [-0.1, -0.05) is 26.8 Å². The highest BCUT2D eigenvalue weighted by Crippen LogP contribution is 2.34. The average Bonchev–Trinajstić information content (AvgIpc) is 2.13. The van der Waals surface area contributed by atoms with Crippen molar-refractivity contribution in [3.63, 3.8) is 0 Å². The van der Waals surface area contributed by atoms with Crippen LogP contribution in [0.4, 0.5) is 11.4 Å². The Balaban J connectivity index is 2.87. The van der Waals surface area contributed by atoms with E-state index in [-0.39, 0.29) is 5.41 Å². The second-order valence-corrected chi connectivity index (χ2v) is 4.66. The number of anilines is 1. The molecule has 0 amide bonds. The average molecular weight is 204 g/mol. The Kier molecular flexibility index (Phi) is 3.21. The second kappa shape index (κ2) is 4.22. The maximum Gasteiger partial charge on any atom is 0.250 e. The highest BCUT2D eigenvalue weighted by atomic mass is 16.5. The van der Waals surface area contributed by atoms with Gasteiger partial charge in [-0.15, -0.1) is 0 Å². The van der Waals surface area contributed by atoms with E-state index in [0.29, 0.717) is 23.7 Å². The number of para-hydroxylation sites is 1. The van der Waals surface area contributed by atoms with Crippen molar-refractivity contribution in [2.75, 3.05) is 12.3 Å². The van der Waals surface area contributed by atoms with Gasteiger partial charge in [0.05, 0.1) is 13.2 Å². The van der Waals surface area contributed by atoms with Crippen LogP contribution in [0.2, 0.25) is 0 Å². The SMILES string of the molecule is [C-]#[N+]c1c(N)cccc1OCC(C)(C)C. The lowest BCUT2D eigenvalue weighted by atomic mass is 9.99. The lowest BCUT2D eigenvalue weighted by Crippen LogP contribution is -2.16. The standard InChI is InChI=1S/C12H16N2O/c1-12(2,3)8-15-10-7-5-6-9(13)11(10)14-4/h5-7H,8,13H2,1-3H3. The minimum atomic E-state index is 0.0733. The Bertz CT molecular complexity index is 386. The number of hydrogen-bond acceptors (Lipinski definition) is 2. The number of hydrogen-bond donors (Lipinski definition) is 1. The van der Waals surface area contributed by atoms with Crippen LogP contribution in [0.5, 0.6) is 5.75 Å². The molecule has 0 fully saturated rings. The van der Waals surface area contributed by atoms with E-state index in [1.165, 1.54) is 0 Å². The maximum absolute atomic E-state index is 7.02. The summed E-state index contributed by atoms with van der Waals surface area (Å²) in [5.41, 5.74) is 6.62. The summed E-state index contributed by atoms with van der Waals surface area (Å²) in [4.78, 5) is 3.37. The molecule has 15 heavy (non-hydrogen) atoms. The van der Waals surface area contributed by atoms with Gasteiger partial charge in [-0.05, 0) is 17.5 Å². The summed E-state index contributed by atoms with van der Waals surface area (Å²) in [5.74, 6) is 0.569. The monoisotopic (exact) mass is 204 g/mol. The van der Waals surface area contributed by atoms with Crippen LogP contribution in [0.3, 0.4) is 0 Å². The van der Waals surface area contributed by atoms with Gasteiger partial charge in [0.25, 0.3) is 0 Å². The molecule has 0 aliphatic carbocycles. The fraction of sp³-hybridized carbons (Fsp3) is 0.417. The number of ether oxygens (including phenoxy) is 1. The van der Waals surface area contributed by atoms with E-state index in [4.69, 9.17) is 17.0 Å². The Morgan fingerprint density at radius 3 is 2.60 bits per heavy atom. The van der Waals surface area contributed by atoms with E-state index in [1.54, 1.807) is 18.2 Å². The van der Waals surface area contributed by atoms with Crippen molar-refractivity contribution in [1.29, 1.82) is 0 Å². The van der Waals surface area contributed by atoms with Crippen LogP contribution in [0.1, 0.15) is 20.8 Å². The second-order valence-electron chi connectivity index (χ2n) is 4.66. The number of benzene rings is 1. The number of nitrogens with zero attached hydrogens (tertiary/aromatic N) is 1. The first kappa shape index (κ1) is 11.4. The van der Waals surface area contributed by atoms with Crippen LogP contribution in [0, 0.1) is 12.0 Å². The quantitative estimate of drug-likeness (QED) is 0.593. The molecule has 0 saturated carbocycles. The van der Waals surface area contributed by atoms with Crippen molar-refractivity contribution in [1.82, 2.24) is 0 Å². The van der Waals surface area contributed by atoms with Crippen LogP contribution in [-0.4, -0.2) is 6.61 Å². The van der Waals surface area contributed by atoms with Crippen LogP contribution in [0.25, 0.3) is 4.85 Å². The first-order valence-corrected chi connectivity index (χ1v) is 4.83. The van der Waals surface area contributed by atoms with Gasteiger partial charge in [-0.3, -0.25) is 0 Å². The molecule has 80 valence electrons. The summed E-state index contributed by atoms with van der Waals surface area (Å²) in [6, 6.07) is 5.27. The molecular formula is C12H16N2O. The molecule has 0 unspecified atom stereocenters. The highest BCUT2D eigenvalue weighted by molar-refractivity contribution is 5.74. The largest absolute Gasteiger partial charge is 0.504 e. The van der Waals surface area contributed by atoms with Crippen molar-refractivity contribution in [2.24, 2.45) is 5.41 Å². The van der Waals surface area contributed by atoms with Crippen molar-refractivity contribution in [3.05, 3.63) is 29.6 Å². The molecule has 0 saturated heterocycles. The van der Waals surface area contributed by atoms with E-state index < -0.39 is 0 Å². The summed E-state index contributed by atoms with van der Waals surface area (Å²) < 4.78 is 5.58. The Labute approximate surface area is 90.7 Å². The lowest BCUT2D eigenvalue weighted by Gasteiger charge is -2.19. The Hall–Kier alpha value is -1.69. The summed E-state index contributed by atoms with van der Waals surface area (Å²) in [7, 11) is 0. The number of nitrogen functional groups attached to an aromatic ring is 1. The zero-order valence-corrected chi connectivity index (χ0v) is 9.37. The summed E-state index contributed by atoms with van der Waals surface area (Å²) in [6.45, 7) is 13.8. The van der Waals surface area contributed by atoms with E-state index in [0.717, 1.165) is 0 Å². The third-order valence-electron chi connectivity index (χ3n) is 1.80. The zero-order chi connectivity index (χ0) is 11.5. The summed E-state index contributed by atoms with van der Waals surface area (Å²) in [5, 5.41) is 0. The molecular weight excluding hydrogens is 188 g/mol. The number of nitrogens with two attached hydrogens (primary N) is 1. The van der Waals surface area contributed by atoms with Gasteiger partial charge in [0.15, 0.2) is 0 Å². The molecule has 0 bridgehead atoms. The molecule has 0 aliphatic rings. The van der Waals surface area contributed by atoms with Gasteiger partial charge >= 0.3 is 0 Å². The van der Waals surface area contributed by atoms with Crippen LogP contribution < -0.4 is 10.5 Å². The molecule has 0 radical (unpaired) electrons. The molecule has 1 aromatic carbocycles. The van der Waals surface area contributed by atoms with Crippen LogP contribution in [-0.2, 0) is 0 Å². The smallest absolute Gasteiger partial charge is 0.250 e. The molecule has 0 heterocycles. The van der Waals surface area contributed by atoms with Gasteiger partial charge in [-0.25, -0.2) is 4.85 Å². The first-order chi connectivity index (χ1) is 6.94. The van der Waals surface area contributed by atoms with Crippen molar-refractivity contribution >= 4 is 11.4 Å². The van der Waals surface area contributed by atoms with Crippen LogP contribution >= 0.6 is 0 Å². The van der Waals surface area contributed by atoms with Crippen molar-refractivity contribution in [2.45, 2.75) is 20.8 Å². The molecule has 0 aromatic heterocycles. The predicted molar refractivity (Wildman–Crippen MR) is 62.1 cm³/mol. The molecule has 0 spiro atoms. The maximum atomic E-state index is 7.02. The highest BCUT2D eigenvalue weighted by Gasteiger charge is 2.13. The predicted octanol–water partition coefficient (Wildman–Crippen LogP) is 3.24. The first-order valence-electron chi connectivity index (χ1n) is 4.83. The Morgan fingerprint density at radius 2 is 2.07 bits per heavy atom. The summed E-state index contributed by atoms with van der Waals surface area (Å²) in [6.07, 6.45) is 0. The molecule has 1 aromatic rings. The third kappa shape index (κ3) is 3.17. The van der Waals surface area contributed by atoms with E-state index >= 15 is 0 Å². The zero-order valence-electron chi connectivity index (χ0n) is 9.37. The fourth-order valence-electron chi connectivity index (χ4n) is 1.07. The molecule has 0 aliphatic heterocycles. The normalized spacial score (nSPS) is 10.8. The van der Waals surface area contributed by atoms with Crippen molar-refractivity contribution in [3.8, 4) is 5.75 Å². The minimum Gasteiger partial charge on any atom is -0.504 e.